The number of aryl methyl sites for hydroxylation is 2. The third-order valence-corrected chi connectivity index (χ3v) is 6.24. The second-order valence-corrected chi connectivity index (χ2v) is 8.18. The van der Waals surface area contributed by atoms with Crippen molar-refractivity contribution in [2.24, 2.45) is 5.92 Å². The van der Waals surface area contributed by atoms with Gasteiger partial charge in [-0.25, -0.2) is 14.8 Å². The molecule has 1 aliphatic rings. The van der Waals surface area contributed by atoms with Crippen molar-refractivity contribution in [1.29, 1.82) is 0 Å². The lowest BCUT2D eigenvalue weighted by atomic mass is 9.96. The number of carbonyl (C=O) groups excluding carboxylic acids is 1. The highest BCUT2D eigenvalue weighted by Gasteiger charge is 2.24. The molecule has 1 saturated heterocycles. The second-order valence-electron chi connectivity index (χ2n) is 7.18. The van der Waals surface area contributed by atoms with Gasteiger partial charge in [0.2, 0.25) is 0 Å². The molecule has 3 heterocycles. The van der Waals surface area contributed by atoms with Crippen molar-refractivity contribution < 1.29 is 9.53 Å². The summed E-state index contributed by atoms with van der Waals surface area (Å²) in [7, 11) is 4.28. The van der Waals surface area contributed by atoms with E-state index in [1.807, 2.05) is 20.8 Å². The highest BCUT2D eigenvalue weighted by Crippen LogP contribution is 2.36. The Kier molecular flexibility index (Phi) is 5.77. The normalized spacial score (nSPS) is 16.2. The molecular formula is C19H28N4O2S. The molecule has 0 amide bonds. The molecule has 142 valence electrons. The second kappa shape index (κ2) is 7.88. The third kappa shape index (κ3) is 3.83. The topological polar surface area (TPSA) is 58.6 Å². The van der Waals surface area contributed by atoms with Crippen LogP contribution in [0.4, 0.5) is 5.82 Å². The summed E-state index contributed by atoms with van der Waals surface area (Å²) in [6.07, 6.45) is 2.43. The zero-order valence-corrected chi connectivity index (χ0v) is 17.2. The van der Waals surface area contributed by atoms with Crippen molar-refractivity contribution in [3.63, 3.8) is 0 Å². The molecule has 6 nitrogen and oxygen atoms in total. The number of ether oxygens (including phenoxy) is 1. The molecule has 7 heteroatoms. The van der Waals surface area contributed by atoms with Gasteiger partial charge in [-0.05, 0) is 65.2 Å². The Balaban J connectivity index is 1.92. The lowest BCUT2D eigenvalue weighted by molar-refractivity contribution is 0.0531. The molecule has 0 saturated carbocycles. The van der Waals surface area contributed by atoms with E-state index in [1.54, 1.807) is 0 Å². The minimum absolute atomic E-state index is 0.269. The summed E-state index contributed by atoms with van der Waals surface area (Å²) in [6.45, 7) is 9.36. The van der Waals surface area contributed by atoms with Gasteiger partial charge in [0, 0.05) is 13.6 Å². The number of fused-ring (bicyclic) bond motifs is 1. The number of hydrogen-bond acceptors (Lipinski definition) is 7. The van der Waals surface area contributed by atoms with Gasteiger partial charge in [0.15, 0.2) is 0 Å². The standard InChI is InChI=1S/C19H28N4O2S/c1-6-25-19(24)16-12(2)15-17(20-13(3)21-18(15)26-16)23(5)11-14-7-9-22(4)10-8-14/h14H,6-11H2,1-5H3. The largest absolute Gasteiger partial charge is 0.462 e. The predicted molar refractivity (Wildman–Crippen MR) is 106 cm³/mol. The van der Waals surface area contributed by atoms with Crippen LogP contribution in [0.3, 0.4) is 0 Å². The van der Waals surface area contributed by atoms with E-state index in [0.717, 1.165) is 47.1 Å². The zero-order chi connectivity index (χ0) is 18.8. The maximum absolute atomic E-state index is 12.3. The molecule has 0 unspecified atom stereocenters. The van der Waals surface area contributed by atoms with Crippen molar-refractivity contribution in [1.82, 2.24) is 14.9 Å². The van der Waals surface area contributed by atoms with Crippen LogP contribution in [0.5, 0.6) is 0 Å². The fraction of sp³-hybridized carbons (Fsp3) is 0.632. The van der Waals surface area contributed by atoms with Crippen molar-refractivity contribution in [3.8, 4) is 0 Å². The Labute approximate surface area is 159 Å². The summed E-state index contributed by atoms with van der Waals surface area (Å²) in [5.41, 5.74) is 0.925. The minimum atomic E-state index is -0.269. The lowest BCUT2D eigenvalue weighted by Crippen LogP contribution is -2.36. The molecule has 0 N–H and O–H groups in total. The molecule has 2 aromatic heterocycles. The molecule has 0 radical (unpaired) electrons. The molecule has 0 aromatic carbocycles. The summed E-state index contributed by atoms with van der Waals surface area (Å²) >= 11 is 1.41. The third-order valence-electron chi connectivity index (χ3n) is 5.08. The van der Waals surface area contributed by atoms with E-state index in [2.05, 4.69) is 28.9 Å². The maximum Gasteiger partial charge on any atom is 0.348 e. The van der Waals surface area contributed by atoms with Crippen LogP contribution < -0.4 is 4.90 Å². The van der Waals surface area contributed by atoms with Crippen LogP contribution in [0.25, 0.3) is 10.2 Å². The van der Waals surface area contributed by atoms with Gasteiger partial charge in [0.1, 0.15) is 21.3 Å². The molecule has 3 rings (SSSR count). The first kappa shape index (κ1) is 19.0. The molecule has 0 aliphatic carbocycles. The quantitative estimate of drug-likeness (QED) is 0.747. The summed E-state index contributed by atoms with van der Waals surface area (Å²) in [5, 5.41) is 0.985. The smallest absolute Gasteiger partial charge is 0.348 e. The molecule has 1 aliphatic heterocycles. The number of esters is 1. The number of rotatable bonds is 5. The Hall–Kier alpha value is -1.73. The van der Waals surface area contributed by atoms with Crippen LogP contribution in [-0.2, 0) is 4.74 Å². The van der Waals surface area contributed by atoms with Gasteiger partial charge in [-0.1, -0.05) is 0 Å². The first-order chi connectivity index (χ1) is 12.4. The number of thiophene rings is 1. The van der Waals surface area contributed by atoms with Gasteiger partial charge in [0.25, 0.3) is 0 Å². The van der Waals surface area contributed by atoms with Crippen LogP contribution in [0, 0.1) is 19.8 Å². The molecule has 1 fully saturated rings. The van der Waals surface area contributed by atoms with E-state index >= 15 is 0 Å². The molecule has 0 spiro atoms. The van der Waals surface area contributed by atoms with Crippen LogP contribution in [-0.4, -0.2) is 61.2 Å². The van der Waals surface area contributed by atoms with Gasteiger partial charge in [-0.15, -0.1) is 11.3 Å². The number of hydrogen-bond donors (Lipinski definition) is 0. The van der Waals surface area contributed by atoms with E-state index in [0.29, 0.717) is 17.4 Å². The zero-order valence-electron chi connectivity index (χ0n) is 16.3. The Morgan fingerprint density at radius 1 is 1.31 bits per heavy atom. The van der Waals surface area contributed by atoms with Gasteiger partial charge in [-0.2, -0.15) is 0 Å². The van der Waals surface area contributed by atoms with E-state index in [9.17, 15) is 4.79 Å². The highest BCUT2D eigenvalue weighted by molar-refractivity contribution is 7.20. The van der Waals surface area contributed by atoms with Gasteiger partial charge in [-0.3, -0.25) is 0 Å². The van der Waals surface area contributed by atoms with Gasteiger partial charge < -0.3 is 14.5 Å². The van der Waals surface area contributed by atoms with E-state index in [4.69, 9.17) is 9.72 Å². The van der Waals surface area contributed by atoms with E-state index in [1.165, 1.54) is 24.2 Å². The monoisotopic (exact) mass is 376 g/mol. The number of aromatic nitrogens is 2. The average molecular weight is 377 g/mol. The fourth-order valence-corrected chi connectivity index (χ4v) is 4.72. The average Bonchev–Trinajstić information content (AvgIpc) is 2.93. The van der Waals surface area contributed by atoms with Crippen molar-refractivity contribution >= 4 is 33.3 Å². The summed E-state index contributed by atoms with van der Waals surface area (Å²) < 4.78 is 5.21. The summed E-state index contributed by atoms with van der Waals surface area (Å²) in [6, 6.07) is 0. The van der Waals surface area contributed by atoms with Crippen molar-refractivity contribution in [2.45, 2.75) is 33.6 Å². The predicted octanol–water partition coefficient (Wildman–Crippen LogP) is 3.26. The minimum Gasteiger partial charge on any atom is -0.462 e. The highest BCUT2D eigenvalue weighted by atomic mass is 32.1. The van der Waals surface area contributed by atoms with E-state index < -0.39 is 0 Å². The Bertz CT molecular complexity index is 796. The Morgan fingerprint density at radius 2 is 2.00 bits per heavy atom. The Morgan fingerprint density at radius 3 is 2.65 bits per heavy atom. The molecule has 0 atom stereocenters. The SMILES string of the molecule is CCOC(=O)c1sc2nc(C)nc(N(C)CC3CCN(C)CC3)c2c1C. The van der Waals surface area contributed by atoms with Crippen molar-refractivity contribution in [2.75, 3.05) is 45.2 Å². The van der Waals surface area contributed by atoms with Crippen molar-refractivity contribution in [3.05, 3.63) is 16.3 Å². The van der Waals surface area contributed by atoms with Crippen LogP contribution in [0.1, 0.15) is 40.8 Å². The number of anilines is 1. The number of likely N-dealkylation sites (tertiary alicyclic amines) is 1. The van der Waals surface area contributed by atoms with Gasteiger partial charge >= 0.3 is 5.97 Å². The molecular weight excluding hydrogens is 348 g/mol. The van der Waals surface area contributed by atoms with Crippen LogP contribution in [0.2, 0.25) is 0 Å². The van der Waals surface area contributed by atoms with Gasteiger partial charge in [0.05, 0.1) is 12.0 Å². The fourth-order valence-electron chi connectivity index (χ4n) is 3.61. The molecule has 26 heavy (non-hydrogen) atoms. The first-order valence-corrected chi connectivity index (χ1v) is 10.1. The van der Waals surface area contributed by atoms with Crippen LogP contribution >= 0.6 is 11.3 Å². The van der Waals surface area contributed by atoms with E-state index in [-0.39, 0.29) is 5.97 Å². The molecule has 0 bridgehead atoms. The lowest BCUT2D eigenvalue weighted by Gasteiger charge is -2.32. The summed E-state index contributed by atoms with van der Waals surface area (Å²) in [5.74, 6) is 2.06. The number of piperidine rings is 1. The van der Waals surface area contributed by atoms with Crippen LogP contribution in [0.15, 0.2) is 0 Å². The maximum atomic E-state index is 12.3. The molecule has 2 aromatic rings. The number of carbonyl (C=O) groups is 1. The summed E-state index contributed by atoms with van der Waals surface area (Å²) in [4.78, 5) is 27.7. The first-order valence-electron chi connectivity index (χ1n) is 9.25. The number of nitrogens with zero attached hydrogens (tertiary/aromatic N) is 4.